The molecule has 2 aromatic rings. The highest BCUT2D eigenvalue weighted by Crippen LogP contribution is 2.18. The number of sulfonamides is 1. The maximum atomic E-state index is 13.4. The third-order valence-electron chi connectivity index (χ3n) is 2.77. The summed E-state index contributed by atoms with van der Waals surface area (Å²) < 4.78 is 40.5. The molecular weight excluding hydrogens is 313 g/mol. The number of nitrogens with one attached hydrogen (secondary N) is 2. The largest absolute Gasteiger partial charge is 0.316 e. The first-order chi connectivity index (χ1) is 9.92. The molecule has 0 radical (unpaired) electrons. The molecule has 0 bridgehead atoms. The number of benzene rings is 1. The molecular formula is C13H16FN3O2S2. The van der Waals surface area contributed by atoms with E-state index >= 15 is 0 Å². The van der Waals surface area contributed by atoms with Crippen LogP contribution in [0.15, 0.2) is 28.5 Å². The lowest BCUT2D eigenvalue weighted by Gasteiger charge is -2.11. The number of hydrogen-bond donors (Lipinski definition) is 2. The predicted molar refractivity (Wildman–Crippen MR) is 80.0 cm³/mol. The molecule has 0 unspecified atom stereocenters. The standard InChI is InChI=1S/C13H16FN3O2S2/c1-9-8-20-13(17-9)7-16-21(18,19)12-5-11(14)4-3-10(12)6-15-2/h3-5,8,15-16H,6-7H2,1-2H3. The minimum atomic E-state index is -3.79. The first kappa shape index (κ1) is 16.0. The summed E-state index contributed by atoms with van der Waals surface area (Å²) >= 11 is 1.38. The summed E-state index contributed by atoms with van der Waals surface area (Å²) in [5.74, 6) is -0.583. The highest BCUT2D eigenvalue weighted by molar-refractivity contribution is 7.89. The fourth-order valence-corrected chi connectivity index (χ4v) is 3.87. The van der Waals surface area contributed by atoms with Crippen molar-refractivity contribution in [1.29, 1.82) is 0 Å². The molecule has 8 heteroatoms. The lowest BCUT2D eigenvalue weighted by molar-refractivity contribution is 0.574. The van der Waals surface area contributed by atoms with Crippen molar-refractivity contribution in [3.05, 3.63) is 45.7 Å². The van der Waals surface area contributed by atoms with Gasteiger partial charge in [-0.3, -0.25) is 0 Å². The van der Waals surface area contributed by atoms with Gasteiger partial charge in [-0.2, -0.15) is 0 Å². The molecule has 1 aromatic carbocycles. The number of hydrogen-bond acceptors (Lipinski definition) is 5. The van der Waals surface area contributed by atoms with Crippen molar-refractivity contribution in [3.63, 3.8) is 0 Å². The number of thiazole rings is 1. The van der Waals surface area contributed by atoms with Gasteiger partial charge < -0.3 is 5.32 Å². The van der Waals surface area contributed by atoms with Crippen LogP contribution in [0.5, 0.6) is 0 Å². The first-order valence-corrected chi connectivity index (χ1v) is 8.62. The summed E-state index contributed by atoms with van der Waals surface area (Å²) in [4.78, 5) is 4.14. The van der Waals surface area contributed by atoms with Gasteiger partial charge in [-0.15, -0.1) is 11.3 Å². The van der Waals surface area contributed by atoms with Crippen molar-refractivity contribution >= 4 is 21.4 Å². The van der Waals surface area contributed by atoms with Crippen molar-refractivity contribution in [2.45, 2.75) is 24.9 Å². The number of aromatic nitrogens is 1. The van der Waals surface area contributed by atoms with E-state index < -0.39 is 15.8 Å². The monoisotopic (exact) mass is 329 g/mol. The Hall–Kier alpha value is -1.35. The fraction of sp³-hybridized carbons (Fsp3) is 0.308. The zero-order valence-electron chi connectivity index (χ0n) is 11.7. The van der Waals surface area contributed by atoms with Gasteiger partial charge in [0.05, 0.1) is 11.4 Å². The normalized spacial score (nSPS) is 11.8. The van der Waals surface area contributed by atoms with Crippen LogP contribution in [0, 0.1) is 12.7 Å². The Morgan fingerprint density at radius 2 is 2.10 bits per heavy atom. The zero-order chi connectivity index (χ0) is 15.5. The lowest BCUT2D eigenvalue weighted by Crippen LogP contribution is -2.25. The second-order valence-corrected chi connectivity index (χ2v) is 7.17. The summed E-state index contributed by atoms with van der Waals surface area (Å²) in [7, 11) is -2.09. The number of halogens is 1. The molecule has 0 fully saturated rings. The quantitative estimate of drug-likeness (QED) is 0.847. The Labute approximate surface area is 127 Å². The highest BCUT2D eigenvalue weighted by Gasteiger charge is 2.19. The van der Waals surface area contributed by atoms with E-state index in [4.69, 9.17) is 0 Å². The van der Waals surface area contributed by atoms with Gasteiger partial charge in [-0.25, -0.2) is 22.5 Å². The maximum Gasteiger partial charge on any atom is 0.241 e. The molecule has 2 rings (SSSR count). The van der Waals surface area contributed by atoms with Gasteiger partial charge in [0.25, 0.3) is 0 Å². The fourth-order valence-electron chi connectivity index (χ4n) is 1.83. The van der Waals surface area contributed by atoms with Crippen molar-refractivity contribution in [2.75, 3.05) is 7.05 Å². The molecule has 0 aliphatic rings. The van der Waals surface area contributed by atoms with Gasteiger partial charge in [-0.1, -0.05) is 6.07 Å². The van der Waals surface area contributed by atoms with Gasteiger partial charge >= 0.3 is 0 Å². The van der Waals surface area contributed by atoms with E-state index in [9.17, 15) is 12.8 Å². The summed E-state index contributed by atoms with van der Waals surface area (Å²) in [6.07, 6.45) is 0. The van der Waals surface area contributed by atoms with E-state index in [0.717, 1.165) is 11.8 Å². The smallest absolute Gasteiger partial charge is 0.241 e. The molecule has 21 heavy (non-hydrogen) atoms. The summed E-state index contributed by atoms with van der Waals surface area (Å²) in [6.45, 7) is 2.27. The van der Waals surface area contributed by atoms with Crippen LogP contribution >= 0.6 is 11.3 Å². The lowest BCUT2D eigenvalue weighted by atomic mass is 10.2. The zero-order valence-corrected chi connectivity index (χ0v) is 13.3. The van der Waals surface area contributed by atoms with E-state index in [0.29, 0.717) is 17.1 Å². The Morgan fingerprint density at radius 3 is 2.71 bits per heavy atom. The Balaban J connectivity index is 2.24. The van der Waals surface area contributed by atoms with E-state index in [1.807, 2.05) is 12.3 Å². The van der Waals surface area contributed by atoms with Crippen molar-refractivity contribution < 1.29 is 12.8 Å². The third kappa shape index (κ3) is 4.07. The van der Waals surface area contributed by atoms with Crippen LogP contribution < -0.4 is 10.0 Å². The molecule has 0 aliphatic heterocycles. The summed E-state index contributed by atoms with van der Waals surface area (Å²) in [5, 5.41) is 5.38. The molecule has 2 N–H and O–H groups in total. The van der Waals surface area contributed by atoms with Gasteiger partial charge in [0.15, 0.2) is 0 Å². The van der Waals surface area contributed by atoms with Crippen molar-refractivity contribution in [2.24, 2.45) is 0 Å². The van der Waals surface area contributed by atoms with Crippen LogP contribution in [0.25, 0.3) is 0 Å². The second kappa shape index (κ2) is 6.61. The molecule has 1 aromatic heterocycles. The van der Waals surface area contributed by atoms with Crippen molar-refractivity contribution in [3.8, 4) is 0 Å². The minimum Gasteiger partial charge on any atom is -0.316 e. The van der Waals surface area contributed by atoms with Gasteiger partial charge in [0.1, 0.15) is 10.8 Å². The van der Waals surface area contributed by atoms with Crippen LogP contribution in [0.1, 0.15) is 16.3 Å². The third-order valence-corrected chi connectivity index (χ3v) is 5.22. The van der Waals surface area contributed by atoms with Crippen molar-refractivity contribution in [1.82, 2.24) is 15.0 Å². The molecule has 0 amide bonds. The van der Waals surface area contributed by atoms with Crippen LogP contribution in [-0.2, 0) is 23.1 Å². The molecule has 0 saturated heterocycles. The second-order valence-electron chi connectivity index (χ2n) is 4.49. The molecule has 114 valence electrons. The number of rotatable bonds is 6. The molecule has 0 spiro atoms. The maximum absolute atomic E-state index is 13.4. The molecule has 0 atom stereocenters. The SMILES string of the molecule is CNCc1ccc(F)cc1S(=O)(=O)NCc1nc(C)cs1. The van der Waals surface area contributed by atoms with Crippen LogP contribution in [0.3, 0.4) is 0 Å². The Morgan fingerprint density at radius 1 is 1.33 bits per heavy atom. The molecule has 5 nitrogen and oxygen atoms in total. The Kier molecular flexibility index (Phi) is 5.04. The van der Waals surface area contributed by atoms with E-state index in [2.05, 4.69) is 15.0 Å². The molecule has 0 saturated carbocycles. The average molecular weight is 329 g/mol. The highest BCUT2D eigenvalue weighted by atomic mass is 32.2. The number of aryl methyl sites for hydroxylation is 1. The topological polar surface area (TPSA) is 71.1 Å². The molecule has 0 aliphatic carbocycles. The van der Waals surface area contributed by atoms with E-state index in [1.54, 1.807) is 7.05 Å². The summed E-state index contributed by atoms with van der Waals surface area (Å²) in [6, 6.07) is 3.74. The van der Waals surface area contributed by atoms with E-state index in [-0.39, 0.29) is 11.4 Å². The van der Waals surface area contributed by atoms with E-state index in [1.165, 1.54) is 23.5 Å². The van der Waals surface area contributed by atoms with Gasteiger partial charge in [-0.05, 0) is 31.7 Å². The van der Waals surface area contributed by atoms with Crippen LogP contribution in [0.4, 0.5) is 4.39 Å². The minimum absolute atomic E-state index is 0.0508. The summed E-state index contributed by atoms with van der Waals surface area (Å²) in [5.41, 5.74) is 1.36. The van der Waals surface area contributed by atoms with Gasteiger partial charge in [0, 0.05) is 17.6 Å². The Bertz CT molecular complexity index is 729. The number of nitrogens with zero attached hydrogens (tertiary/aromatic N) is 1. The van der Waals surface area contributed by atoms with Crippen LogP contribution in [-0.4, -0.2) is 20.4 Å². The van der Waals surface area contributed by atoms with Crippen LogP contribution in [0.2, 0.25) is 0 Å². The first-order valence-electron chi connectivity index (χ1n) is 6.26. The predicted octanol–water partition coefficient (Wildman–Crippen LogP) is 1.79. The molecule has 1 heterocycles. The average Bonchev–Trinajstić information content (AvgIpc) is 2.85. The van der Waals surface area contributed by atoms with Gasteiger partial charge in [0.2, 0.25) is 10.0 Å².